The molecular weight excluding hydrogens is 393 g/mol. The molecule has 1 aromatic heterocycles. The highest BCUT2D eigenvalue weighted by Gasteiger charge is 2.19. The standard InChI is InChI=1S/C17H23NO3.HI/c1-3-4-5-6-7-8-11-18-13(2)21-16-12-14(17(19)20)9-10-15(16)18;/h9-10,12H,3-8,11H2,1-2H3;1H. The number of nitrogens with zero attached hydrogens (tertiary/aromatic N) is 1. The van der Waals surface area contributed by atoms with Crippen LogP contribution in [0.4, 0.5) is 0 Å². The Hall–Kier alpha value is -1.11. The smallest absolute Gasteiger partial charge is 0.344 e. The maximum atomic E-state index is 11.0. The lowest BCUT2D eigenvalue weighted by Crippen LogP contribution is -3.00. The van der Waals surface area contributed by atoms with Gasteiger partial charge in [-0.15, -0.1) is 0 Å². The van der Waals surface area contributed by atoms with Crippen molar-refractivity contribution in [3.63, 3.8) is 0 Å². The Balaban J connectivity index is 0.00000242. The van der Waals surface area contributed by atoms with E-state index in [1.54, 1.807) is 12.1 Å². The summed E-state index contributed by atoms with van der Waals surface area (Å²) in [6, 6.07) is 5.08. The number of rotatable bonds is 8. The van der Waals surface area contributed by atoms with E-state index in [-0.39, 0.29) is 29.5 Å². The van der Waals surface area contributed by atoms with Gasteiger partial charge in [0.1, 0.15) is 0 Å². The molecule has 5 heteroatoms. The van der Waals surface area contributed by atoms with E-state index in [0.717, 1.165) is 24.4 Å². The Kier molecular flexibility index (Phi) is 7.85. The Morgan fingerprint density at radius 3 is 2.55 bits per heavy atom. The fourth-order valence-corrected chi connectivity index (χ4v) is 2.66. The predicted molar refractivity (Wildman–Crippen MR) is 81.5 cm³/mol. The van der Waals surface area contributed by atoms with Crippen LogP contribution in [0.1, 0.15) is 61.7 Å². The van der Waals surface area contributed by atoms with Gasteiger partial charge < -0.3 is 33.5 Å². The molecule has 1 heterocycles. The quantitative estimate of drug-likeness (QED) is 0.398. The number of carboxylic acids is 1. The second kappa shape index (κ2) is 9.12. The molecule has 1 aromatic carbocycles. The molecule has 2 rings (SSSR count). The van der Waals surface area contributed by atoms with Gasteiger partial charge in [0.2, 0.25) is 5.58 Å². The van der Waals surface area contributed by atoms with Gasteiger partial charge in [-0.05, 0) is 12.5 Å². The molecule has 2 aromatic rings. The third-order valence-electron chi connectivity index (χ3n) is 3.87. The second-order valence-corrected chi connectivity index (χ2v) is 5.53. The molecule has 0 bridgehead atoms. The van der Waals surface area contributed by atoms with Gasteiger partial charge in [0, 0.05) is 18.6 Å². The van der Waals surface area contributed by atoms with Crippen LogP contribution >= 0.6 is 0 Å². The summed E-state index contributed by atoms with van der Waals surface area (Å²) in [6.07, 6.45) is 7.54. The molecule has 0 amide bonds. The number of benzene rings is 1. The summed E-state index contributed by atoms with van der Waals surface area (Å²) in [7, 11) is 0. The molecule has 0 unspecified atom stereocenters. The van der Waals surface area contributed by atoms with Crippen molar-refractivity contribution in [1.82, 2.24) is 0 Å². The first-order valence-electron chi connectivity index (χ1n) is 7.79. The highest BCUT2D eigenvalue weighted by Crippen LogP contribution is 2.16. The highest BCUT2D eigenvalue weighted by atomic mass is 127. The van der Waals surface area contributed by atoms with Gasteiger partial charge in [0.25, 0.3) is 5.52 Å². The van der Waals surface area contributed by atoms with Crippen LogP contribution in [0, 0.1) is 6.92 Å². The molecule has 1 N–H and O–H groups in total. The monoisotopic (exact) mass is 417 g/mol. The van der Waals surface area contributed by atoms with Crippen molar-refractivity contribution in [2.75, 3.05) is 0 Å². The number of carbonyl (C=O) groups is 1. The number of aryl methyl sites for hydroxylation is 2. The lowest BCUT2D eigenvalue weighted by molar-refractivity contribution is -0.683. The summed E-state index contributed by atoms with van der Waals surface area (Å²) >= 11 is 0. The van der Waals surface area contributed by atoms with Gasteiger partial charge in [-0.2, -0.15) is 4.57 Å². The number of oxazole rings is 1. The zero-order chi connectivity index (χ0) is 15.2. The average Bonchev–Trinajstić information content (AvgIpc) is 2.77. The Labute approximate surface area is 148 Å². The number of aromatic nitrogens is 1. The van der Waals surface area contributed by atoms with Crippen LogP contribution in [-0.2, 0) is 6.54 Å². The van der Waals surface area contributed by atoms with Crippen LogP contribution in [0.3, 0.4) is 0 Å². The molecule has 0 aliphatic heterocycles. The van der Waals surface area contributed by atoms with Gasteiger partial charge in [0.15, 0.2) is 6.54 Å². The number of halogens is 1. The number of carboxylic acid groups (broad SMARTS) is 1. The molecule has 0 atom stereocenters. The topological polar surface area (TPSA) is 54.3 Å². The Bertz CT molecular complexity index is 622. The van der Waals surface area contributed by atoms with Crippen LogP contribution in [0.15, 0.2) is 22.6 Å². The molecule has 4 nitrogen and oxygen atoms in total. The van der Waals surface area contributed by atoms with E-state index in [1.807, 2.05) is 13.0 Å². The lowest BCUT2D eigenvalue weighted by atomic mass is 10.1. The second-order valence-electron chi connectivity index (χ2n) is 5.53. The number of hydrogen-bond acceptors (Lipinski definition) is 2. The highest BCUT2D eigenvalue weighted by molar-refractivity contribution is 5.91. The summed E-state index contributed by atoms with van der Waals surface area (Å²) in [5.41, 5.74) is 1.90. The maximum Gasteiger partial charge on any atom is 0.344 e. The first-order valence-corrected chi connectivity index (χ1v) is 7.79. The fraction of sp³-hybridized carbons (Fsp3) is 0.529. The van der Waals surface area contributed by atoms with Crippen molar-refractivity contribution in [2.24, 2.45) is 0 Å². The van der Waals surface area contributed by atoms with Crippen molar-refractivity contribution in [1.29, 1.82) is 0 Å². The molecule has 0 saturated heterocycles. The van der Waals surface area contributed by atoms with Crippen LogP contribution in [0.2, 0.25) is 0 Å². The fourth-order valence-electron chi connectivity index (χ4n) is 2.66. The molecule has 122 valence electrons. The number of aromatic carboxylic acids is 1. The van der Waals surface area contributed by atoms with E-state index in [0.29, 0.717) is 5.58 Å². The first-order chi connectivity index (χ1) is 10.1. The summed E-state index contributed by atoms with van der Waals surface area (Å²) in [5.74, 6) is -0.0884. The Morgan fingerprint density at radius 1 is 1.18 bits per heavy atom. The molecule has 0 radical (unpaired) electrons. The zero-order valence-electron chi connectivity index (χ0n) is 13.3. The SMILES string of the molecule is CCCCCCCC[n+]1c(C)oc2cc(C(=O)O)ccc21.[I-]. The minimum absolute atomic E-state index is 0. The molecule has 0 fully saturated rings. The third kappa shape index (κ3) is 4.69. The van der Waals surface area contributed by atoms with Gasteiger partial charge in [-0.1, -0.05) is 32.6 Å². The predicted octanol–water partition coefficient (Wildman–Crippen LogP) is 1.09. The number of fused-ring (bicyclic) bond motifs is 1. The van der Waals surface area contributed by atoms with E-state index in [1.165, 1.54) is 32.1 Å². The first kappa shape index (κ1) is 18.9. The van der Waals surface area contributed by atoms with E-state index in [9.17, 15) is 4.79 Å². The lowest BCUT2D eigenvalue weighted by Gasteiger charge is -1.98. The zero-order valence-corrected chi connectivity index (χ0v) is 15.4. The number of unbranched alkanes of at least 4 members (excludes halogenated alkanes) is 5. The molecule has 0 aliphatic carbocycles. The minimum atomic E-state index is -0.923. The largest absolute Gasteiger partial charge is 1.00 e. The summed E-state index contributed by atoms with van der Waals surface area (Å²) in [6.45, 7) is 5.08. The van der Waals surface area contributed by atoms with Crippen molar-refractivity contribution < 1.29 is 42.9 Å². The van der Waals surface area contributed by atoms with E-state index < -0.39 is 5.97 Å². The maximum absolute atomic E-state index is 11.0. The number of hydrogen-bond donors (Lipinski definition) is 1. The van der Waals surface area contributed by atoms with Crippen LogP contribution in [0.25, 0.3) is 11.1 Å². The third-order valence-corrected chi connectivity index (χ3v) is 3.87. The van der Waals surface area contributed by atoms with Crippen LogP contribution < -0.4 is 28.5 Å². The summed E-state index contributed by atoms with van der Waals surface area (Å²) in [4.78, 5) is 11.0. The van der Waals surface area contributed by atoms with E-state index >= 15 is 0 Å². The van der Waals surface area contributed by atoms with Crippen molar-refractivity contribution in [3.05, 3.63) is 29.7 Å². The molecule has 0 spiro atoms. The van der Waals surface area contributed by atoms with Gasteiger partial charge in [-0.25, -0.2) is 4.79 Å². The van der Waals surface area contributed by atoms with Crippen molar-refractivity contribution >= 4 is 17.1 Å². The van der Waals surface area contributed by atoms with Gasteiger partial charge >= 0.3 is 11.9 Å². The normalized spacial score (nSPS) is 10.6. The van der Waals surface area contributed by atoms with E-state index in [2.05, 4.69) is 11.5 Å². The Morgan fingerprint density at radius 2 is 1.86 bits per heavy atom. The molecule has 0 aliphatic rings. The molecular formula is C17H24INO3. The van der Waals surface area contributed by atoms with Gasteiger partial charge in [-0.3, -0.25) is 0 Å². The van der Waals surface area contributed by atoms with Crippen LogP contribution in [0.5, 0.6) is 0 Å². The van der Waals surface area contributed by atoms with Gasteiger partial charge in [0.05, 0.1) is 12.5 Å². The van der Waals surface area contributed by atoms with E-state index in [4.69, 9.17) is 9.52 Å². The molecule has 0 saturated carbocycles. The summed E-state index contributed by atoms with van der Waals surface area (Å²) in [5, 5.41) is 9.02. The molecule has 22 heavy (non-hydrogen) atoms. The summed E-state index contributed by atoms with van der Waals surface area (Å²) < 4.78 is 7.82. The average molecular weight is 417 g/mol. The van der Waals surface area contributed by atoms with Crippen LogP contribution in [-0.4, -0.2) is 11.1 Å². The minimum Gasteiger partial charge on any atom is -1.00 e. The van der Waals surface area contributed by atoms with Crippen molar-refractivity contribution in [3.8, 4) is 0 Å². The van der Waals surface area contributed by atoms with Crippen molar-refractivity contribution in [2.45, 2.75) is 58.9 Å².